The van der Waals surface area contributed by atoms with Crippen molar-refractivity contribution in [2.75, 3.05) is 6.61 Å². The maximum absolute atomic E-state index is 10.4. The molecule has 0 aliphatic heterocycles. The predicted molar refractivity (Wildman–Crippen MR) is 96.1 cm³/mol. The molecule has 3 aromatic rings. The first kappa shape index (κ1) is 16.9. The average Bonchev–Trinajstić information content (AvgIpc) is 2.90. The zero-order valence-corrected chi connectivity index (χ0v) is 14.2. The number of aromatic nitrogens is 2. The van der Waals surface area contributed by atoms with E-state index in [1.165, 1.54) is 4.68 Å². The highest BCUT2D eigenvalue weighted by molar-refractivity contribution is 5.54. The first-order chi connectivity index (χ1) is 12.1. The van der Waals surface area contributed by atoms with Crippen LogP contribution in [0.15, 0.2) is 58.8 Å². The number of aliphatic hydroxyl groups excluding tert-OH is 1. The van der Waals surface area contributed by atoms with Gasteiger partial charge in [-0.2, -0.15) is 14.9 Å². The van der Waals surface area contributed by atoms with E-state index in [0.29, 0.717) is 23.5 Å². The molecular weight excluding hydrogens is 316 g/mol. The molecule has 25 heavy (non-hydrogen) atoms. The lowest BCUT2D eigenvalue weighted by Gasteiger charge is -2.03. The quantitative estimate of drug-likeness (QED) is 0.687. The van der Waals surface area contributed by atoms with Crippen molar-refractivity contribution in [1.29, 1.82) is 0 Å². The number of rotatable bonds is 5. The largest absolute Gasteiger partial charge is 0.492 e. The van der Waals surface area contributed by atoms with Gasteiger partial charge in [-0.25, -0.2) is 0 Å². The van der Waals surface area contributed by atoms with Gasteiger partial charge in [0.1, 0.15) is 0 Å². The van der Waals surface area contributed by atoms with Crippen molar-refractivity contribution >= 4 is 11.4 Å². The molecule has 6 nitrogen and oxygen atoms in total. The van der Waals surface area contributed by atoms with Crippen molar-refractivity contribution in [2.24, 2.45) is 10.2 Å². The lowest BCUT2D eigenvalue weighted by atomic mass is 10.1. The first-order valence-electron chi connectivity index (χ1n) is 8.05. The Morgan fingerprint density at radius 3 is 2.28 bits per heavy atom. The van der Waals surface area contributed by atoms with Crippen LogP contribution in [0.1, 0.15) is 16.8 Å². The molecule has 2 N–H and O–H groups in total. The van der Waals surface area contributed by atoms with Crippen LogP contribution in [0.25, 0.3) is 5.69 Å². The molecule has 0 bridgehead atoms. The van der Waals surface area contributed by atoms with E-state index in [0.717, 1.165) is 16.8 Å². The second kappa shape index (κ2) is 7.27. The molecule has 0 amide bonds. The number of azo groups is 1. The summed E-state index contributed by atoms with van der Waals surface area (Å²) in [6.07, 6.45) is 0.612. The third kappa shape index (κ3) is 3.75. The zero-order chi connectivity index (χ0) is 17.8. The van der Waals surface area contributed by atoms with E-state index >= 15 is 0 Å². The molecule has 0 radical (unpaired) electrons. The molecule has 2 aromatic carbocycles. The van der Waals surface area contributed by atoms with Crippen LogP contribution in [-0.2, 0) is 6.42 Å². The monoisotopic (exact) mass is 336 g/mol. The molecule has 0 saturated heterocycles. The summed E-state index contributed by atoms with van der Waals surface area (Å²) in [5, 5.41) is 32.1. The van der Waals surface area contributed by atoms with Crippen molar-refractivity contribution in [2.45, 2.75) is 20.3 Å². The average molecular weight is 336 g/mol. The Hall–Kier alpha value is -2.99. The molecule has 6 heteroatoms. The summed E-state index contributed by atoms with van der Waals surface area (Å²) < 4.78 is 1.45. The minimum atomic E-state index is -0.0398. The van der Waals surface area contributed by atoms with Gasteiger partial charge >= 0.3 is 0 Å². The van der Waals surface area contributed by atoms with E-state index in [4.69, 9.17) is 5.11 Å². The normalized spacial score (nSPS) is 11.3. The summed E-state index contributed by atoms with van der Waals surface area (Å²) >= 11 is 0. The van der Waals surface area contributed by atoms with Crippen LogP contribution >= 0.6 is 0 Å². The van der Waals surface area contributed by atoms with Crippen molar-refractivity contribution in [3.63, 3.8) is 0 Å². The van der Waals surface area contributed by atoms with Gasteiger partial charge in [-0.05, 0) is 50.1 Å². The Kier molecular flexibility index (Phi) is 4.90. The predicted octanol–water partition coefficient (Wildman–Crippen LogP) is 4.14. The minimum Gasteiger partial charge on any atom is -0.492 e. The zero-order valence-electron chi connectivity index (χ0n) is 14.2. The van der Waals surface area contributed by atoms with Crippen LogP contribution in [0.4, 0.5) is 11.4 Å². The SMILES string of the molecule is Cc1ccc(-n2nc(C)c(/N=N/c3ccc(CCO)cc3)c2O)cc1. The summed E-state index contributed by atoms with van der Waals surface area (Å²) in [5.74, 6) is -0.0398. The fourth-order valence-corrected chi connectivity index (χ4v) is 2.46. The molecule has 0 aliphatic carbocycles. The van der Waals surface area contributed by atoms with E-state index in [2.05, 4.69) is 15.3 Å². The smallest absolute Gasteiger partial charge is 0.243 e. The van der Waals surface area contributed by atoms with Crippen molar-refractivity contribution in [3.8, 4) is 11.6 Å². The summed E-state index contributed by atoms with van der Waals surface area (Å²) in [4.78, 5) is 0. The van der Waals surface area contributed by atoms with Gasteiger partial charge < -0.3 is 10.2 Å². The Balaban J connectivity index is 1.86. The molecule has 0 saturated carbocycles. The van der Waals surface area contributed by atoms with Crippen LogP contribution < -0.4 is 0 Å². The maximum Gasteiger partial charge on any atom is 0.243 e. The van der Waals surface area contributed by atoms with Crippen LogP contribution in [0, 0.1) is 13.8 Å². The van der Waals surface area contributed by atoms with Gasteiger partial charge in [-0.3, -0.25) is 0 Å². The van der Waals surface area contributed by atoms with E-state index < -0.39 is 0 Å². The maximum atomic E-state index is 10.4. The van der Waals surface area contributed by atoms with Gasteiger partial charge in [0.15, 0.2) is 5.69 Å². The minimum absolute atomic E-state index is 0.0398. The van der Waals surface area contributed by atoms with E-state index in [-0.39, 0.29) is 12.5 Å². The lowest BCUT2D eigenvalue weighted by Crippen LogP contribution is -1.95. The Morgan fingerprint density at radius 2 is 1.64 bits per heavy atom. The van der Waals surface area contributed by atoms with Crippen LogP contribution in [0.2, 0.25) is 0 Å². The topological polar surface area (TPSA) is 83.0 Å². The van der Waals surface area contributed by atoms with E-state index in [9.17, 15) is 5.11 Å². The molecular formula is C19H20N4O2. The van der Waals surface area contributed by atoms with Gasteiger partial charge in [0.25, 0.3) is 0 Å². The van der Waals surface area contributed by atoms with Gasteiger partial charge in [0.2, 0.25) is 5.88 Å². The first-order valence-corrected chi connectivity index (χ1v) is 8.05. The Labute approximate surface area is 146 Å². The van der Waals surface area contributed by atoms with Crippen LogP contribution in [-0.4, -0.2) is 26.6 Å². The molecule has 128 valence electrons. The molecule has 0 aliphatic rings. The van der Waals surface area contributed by atoms with Gasteiger partial charge in [-0.1, -0.05) is 29.8 Å². The number of aliphatic hydroxyl groups is 1. The second-order valence-corrected chi connectivity index (χ2v) is 5.85. The van der Waals surface area contributed by atoms with Gasteiger partial charge in [0, 0.05) is 6.61 Å². The number of hydrogen-bond donors (Lipinski definition) is 2. The third-order valence-corrected chi connectivity index (χ3v) is 3.89. The molecule has 0 unspecified atom stereocenters. The summed E-state index contributed by atoms with van der Waals surface area (Å²) in [6.45, 7) is 3.90. The number of aromatic hydroxyl groups is 1. The standard InChI is InChI=1S/C19H20N4O2/c1-13-3-9-17(10-4-13)23-19(25)18(14(2)22-23)21-20-16-7-5-15(6-8-16)11-12-24/h3-10,24-25H,11-12H2,1-2H3/b21-20+. The van der Waals surface area contributed by atoms with E-state index in [1.807, 2.05) is 55.5 Å². The van der Waals surface area contributed by atoms with Crippen LogP contribution in [0.5, 0.6) is 5.88 Å². The second-order valence-electron chi connectivity index (χ2n) is 5.85. The summed E-state index contributed by atoms with van der Waals surface area (Å²) in [6, 6.07) is 15.1. The number of aryl methyl sites for hydroxylation is 2. The number of nitrogens with zero attached hydrogens (tertiary/aromatic N) is 4. The highest BCUT2D eigenvalue weighted by atomic mass is 16.3. The van der Waals surface area contributed by atoms with Crippen LogP contribution in [0.3, 0.4) is 0 Å². The molecule has 0 spiro atoms. The fourth-order valence-electron chi connectivity index (χ4n) is 2.46. The van der Waals surface area contributed by atoms with Crippen molar-refractivity contribution < 1.29 is 10.2 Å². The fraction of sp³-hybridized carbons (Fsp3) is 0.211. The highest BCUT2D eigenvalue weighted by Gasteiger charge is 2.15. The molecule has 1 aromatic heterocycles. The highest BCUT2D eigenvalue weighted by Crippen LogP contribution is 2.33. The molecule has 3 rings (SSSR count). The summed E-state index contributed by atoms with van der Waals surface area (Å²) in [7, 11) is 0. The molecule has 1 heterocycles. The van der Waals surface area contributed by atoms with Crippen molar-refractivity contribution in [3.05, 3.63) is 65.4 Å². The lowest BCUT2D eigenvalue weighted by molar-refractivity contribution is 0.299. The van der Waals surface area contributed by atoms with Gasteiger partial charge in [-0.15, -0.1) is 5.11 Å². The van der Waals surface area contributed by atoms with Gasteiger partial charge in [0.05, 0.1) is 17.1 Å². The summed E-state index contributed by atoms with van der Waals surface area (Å²) in [5.41, 5.74) is 4.55. The Bertz CT molecular complexity index is 881. The molecule has 0 fully saturated rings. The Morgan fingerprint density at radius 1 is 0.960 bits per heavy atom. The number of hydrogen-bond acceptors (Lipinski definition) is 5. The van der Waals surface area contributed by atoms with Crippen molar-refractivity contribution in [1.82, 2.24) is 9.78 Å². The third-order valence-electron chi connectivity index (χ3n) is 3.89. The number of benzene rings is 2. The molecule has 0 atom stereocenters. The van der Waals surface area contributed by atoms with E-state index in [1.54, 1.807) is 6.92 Å².